The number of halogens is 3. The number of hydrogen-bond donors (Lipinski definition) is 2. The molecular weight excluding hydrogens is 301 g/mol. The van der Waals surface area contributed by atoms with Crippen LogP contribution in [-0.2, 0) is 20.9 Å². The van der Waals surface area contributed by atoms with E-state index < -0.39 is 24.1 Å². The third-order valence-electron chi connectivity index (χ3n) is 2.83. The molecule has 0 spiro atoms. The van der Waals surface area contributed by atoms with Crippen molar-refractivity contribution in [2.45, 2.75) is 25.2 Å². The molecule has 0 saturated heterocycles. The Morgan fingerprint density at radius 2 is 1.86 bits per heavy atom. The van der Waals surface area contributed by atoms with Gasteiger partial charge in [0.25, 0.3) is 0 Å². The van der Waals surface area contributed by atoms with Gasteiger partial charge in [0.05, 0.1) is 0 Å². The molecule has 0 heterocycles. The highest BCUT2D eigenvalue weighted by molar-refractivity contribution is 5.81. The summed E-state index contributed by atoms with van der Waals surface area (Å²) in [7, 11) is 1.49. The molecule has 0 aliphatic heterocycles. The summed E-state index contributed by atoms with van der Waals surface area (Å²) in [6.07, 6.45) is -4.94. The minimum Gasteiger partial charge on any atom is -0.460 e. The van der Waals surface area contributed by atoms with Crippen LogP contribution in [0.1, 0.15) is 12.0 Å². The van der Waals surface area contributed by atoms with Crippen molar-refractivity contribution in [1.29, 1.82) is 0 Å². The summed E-state index contributed by atoms with van der Waals surface area (Å²) in [6, 6.07) is 8.19. The molecule has 1 aromatic carbocycles. The van der Waals surface area contributed by atoms with Gasteiger partial charge >= 0.3 is 18.1 Å². The number of hydrogen-bond acceptors (Lipinski definition) is 4. The monoisotopic (exact) mass is 318 g/mol. The van der Waals surface area contributed by atoms with Gasteiger partial charge < -0.3 is 15.4 Å². The highest BCUT2D eigenvalue weighted by Crippen LogP contribution is 2.14. The number of carbonyl (C=O) groups excluding carboxylic acids is 2. The third kappa shape index (κ3) is 6.13. The quantitative estimate of drug-likeness (QED) is 0.746. The summed E-state index contributed by atoms with van der Waals surface area (Å²) in [5.41, 5.74) is 0.802. The largest absolute Gasteiger partial charge is 0.471 e. The number of benzene rings is 1. The smallest absolute Gasteiger partial charge is 0.460 e. The average molecular weight is 318 g/mol. The number of alkyl halides is 3. The van der Waals surface area contributed by atoms with E-state index >= 15 is 0 Å². The normalized spacial score (nSPS) is 12.5. The third-order valence-corrected chi connectivity index (χ3v) is 2.83. The van der Waals surface area contributed by atoms with Crippen molar-refractivity contribution in [3.8, 4) is 0 Å². The number of nitrogens with one attached hydrogen (secondary N) is 2. The molecule has 0 radical (unpaired) electrons. The lowest BCUT2D eigenvalue weighted by molar-refractivity contribution is -0.173. The van der Waals surface area contributed by atoms with Gasteiger partial charge in [-0.15, -0.1) is 0 Å². The highest BCUT2D eigenvalue weighted by atomic mass is 19.4. The lowest BCUT2D eigenvalue weighted by atomic mass is 10.2. The molecule has 0 aromatic heterocycles. The van der Waals surface area contributed by atoms with Crippen molar-refractivity contribution >= 4 is 11.9 Å². The Bertz CT molecular complexity index is 492. The van der Waals surface area contributed by atoms with Crippen molar-refractivity contribution in [2.24, 2.45) is 0 Å². The van der Waals surface area contributed by atoms with Crippen molar-refractivity contribution in [3.05, 3.63) is 35.9 Å². The van der Waals surface area contributed by atoms with E-state index in [0.717, 1.165) is 5.56 Å². The van der Waals surface area contributed by atoms with Crippen LogP contribution < -0.4 is 10.6 Å². The van der Waals surface area contributed by atoms with E-state index in [2.05, 4.69) is 5.32 Å². The number of likely N-dealkylation sites (N-methyl/N-ethyl adjacent to an activating group) is 1. The maximum atomic E-state index is 12.0. The lowest BCUT2D eigenvalue weighted by Gasteiger charge is -2.16. The fourth-order valence-electron chi connectivity index (χ4n) is 1.64. The molecule has 1 unspecified atom stereocenters. The second-order valence-corrected chi connectivity index (χ2v) is 4.48. The Kier molecular flexibility index (Phi) is 6.84. The molecule has 1 amide bonds. The Hall–Kier alpha value is -2.09. The van der Waals surface area contributed by atoms with Crippen molar-refractivity contribution in [2.75, 3.05) is 13.6 Å². The molecule has 0 saturated carbocycles. The molecule has 122 valence electrons. The summed E-state index contributed by atoms with van der Waals surface area (Å²) in [5.74, 6) is -2.62. The van der Waals surface area contributed by atoms with E-state index in [-0.39, 0.29) is 19.6 Å². The SMILES string of the molecule is CNC(CCNC(=O)C(F)(F)F)C(=O)OCc1ccccc1. The lowest BCUT2D eigenvalue weighted by Crippen LogP contribution is -2.42. The topological polar surface area (TPSA) is 67.4 Å². The molecule has 5 nitrogen and oxygen atoms in total. The molecule has 0 fully saturated rings. The van der Waals surface area contributed by atoms with Gasteiger partial charge in [-0.05, 0) is 19.0 Å². The summed E-state index contributed by atoms with van der Waals surface area (Å²) in [6.45, 7) is -0.211. The molecule has 8 heteroatoms. The molecule has 1 rings (SSSR count). The molecule has 22 heavy (non-hydrogen) atoms. The Labute approximate surface area is 125 Å². The number of esters is 1. The van der Waals surface area contributed by atoms with Crippen LogP contribution in [0.15, 0.2) is 30.3 Å². The van der Waals surface area contributed by atoms with Gasteiger partial charge in [-0.25, -0.2) is 0 Å². The maximum Gasteiger partial charge on any atom is 0.471 e. The molecule has 2 N–H and O–H groups in total. The molecule has 1 aromatic rings. The fourth-order valence-corrected chi connectivity index (χ4v) is 1.64. The summed E-state index contributed by atoms with van der Waals surface area (Å²) in [4.78, 5) is 22.4. The number of ether oxygens (including phenoxy) is 1. The van der Waals surface area contributed by atoms with Gasteiger partial charge in [0.1, 0.15) is 12.6 Å². The molecular formula is C14H17F3N2O3. The zero-order valence-electron chi connectivity index (χ0n) is 11.9. The van der Waals surface area contributed by atoms with Crippen LogP contribution in [-0.4, -0.2) is 37.7 Å². The molecule has 0 aliphatic rings. The first kappa shape index (κ1) is 18.0. The zero-order valence-corrected chi connectivity index (χ0v) is 11.9. The van der Waals surface area contributed by atoms with Crippen molar-refractivity contribution < 1.29 is 27.5 Å². The standard InChI is InChI=1S/C14H17F3N2O3/c1-18-11(7-8-19-13(21)14(15,16)17)12(20)22-9-10-5-3-2-4-6-10/h2-6,11,18H,7-9H2,1H3,(H,19,21). The van der Waals surface area contributed by atoms with Gasteiger partial charge in [-0.2, -0.15) is 13.2 Å². The predicted molar refractivity (Wildman–Crippen MR) is 72.8 cm³/mol. The number of amides is 1. The van der Waals surface area contributed by atoms with Gasteiger partial charge in [0.15, 0.2) is 0 Å². The van der Waals surface area contributed by atoms with Crippen LogP contribution in [0.5, 0.6) is 0 Å². The van der Waals surface area contributed by atoms with E-state index in [1.54, 1.807) is 29.6 Å². The first-order chi connectivity index (χ1) is 10.3. The van der Waals surface area contributed by atoms with Gasteiger partial charge in [0, 0.05) is 6.54 Å². The predicted octanol–water partition coefficient (Wildman–Crippen LogP) is 1.39. The van der Waals surface area contributed by atoms with Gasteiger partial charge in [-0.1, -0.05) is 30.3 Å². The summed E-state index contributed by atoms with van der Waals surface area (Å²) in [5, 5.41) is 4.35. The average Bonchev–Trinajstić information content (AvgIpc) is 2.49. The molecule has 0 bridgehead atoms. The highest BCUT2D eigenvalue weighted by Gasteiger charge is 2.38. The van der Waals surface area contributed by atoms with Crippen LogP contribution >= 0.6 is 0 Å². The van der Waals surface area contributed by atoms with Gasteiger partial charge in [-0.3, -0.25) is 9.59 Å². The first-order valence-electron chi connectivity index (χ1n) is 6.57. The van der Waals surface area contributed by atoms with Crippen LogP contribution in [0.3, 0.4) is 0 Å². The second-order valence-electron chi connectivity index (χ2n) is 4.48. The molecule has 1 atom stereocenters. The van der Waals surface area contributed by atoms with E-state index in [9.17, 15) is 22.8 Å². The Morgan fingerprint density at radius 1 is 1.23 bits per heavy atom. The minimum absolute atomic E-state index is 0.00799. The number of carbonyl (C=O) groups is 2. The fraction of sp³-hybridized carbons (Fsp3) is 0.429. The Balaban J connectivity index is 2.37. The zero-order chi connectivity index (χ0) is 16.6. The van der Waals surface area contributed by atoms with Crippen LogP contribution in [0.4, 0.5) is 13.2 Å². The van der Waals surface area contributed by atoms with Crippen LogP contribution in [0, 0.1) is 0 Å². The van der Waals surface area contributed by atoms with E-state index in [0.29, 0.717) is 0 Å². The summed E-state index contributed by atoms with van der Waals surface area (Å²) < 4.78 is 41.1. The second kappa shape index (κ2) is 8.38. The summed E-state index contributed by atoms with van der Waals surface area (Å²) >= 11 is 0. The maximum absolute atomic E-state index is 12.0. The Morgan fingerprint density at radius 3 is 2.41 bits per heavy atom. The van der Waals surface area contributed by atoms with Crippen LogP contribution in [0.25, 0.3) is 0 Å². The first-order valence-corrected chi connectivity index (χ1v) is 6.57. The van der Waals surface area contributed by atoms with Crippen LogP contribution in [0.2, 0.25) is 0 Å². The van der Waals surface area contributed by atoms with Crippen molar-refractivity contribution in [3.63, 3.8) is 0 Å². The molecule has 0 aliphatic carbocycles. The van der Waals surface area contributed by atoms with E-state index in [1.165, 1.54) is 7.05 Å². The van der Waals surface area contributed by atoms with E-state index in [4.69, 9.17) is 4.74 Å². The van der Waals surface area contributed by atoms with E-state index in [1.807, 2.05) is 6.07 Å². The number of rotatable bonds is 7. The van der Waals surface area contributed by atoms with Crippen molar-refractivity contribution in [1.82, 2.24) is 10.6 Å². The van der Waals surface area contributed by atoms with Gasteiger partial charge in [0.2, 0.25) is 0 Å². The minimum atomic E-state index is -4.93.